The van der Waals surface area contributed by atoms with E-state index in [1.165, 1.54) is 11.8 Å². The molecular weight excluding hydrogens is 222 g/mol. The highest BCUT2D eigenvalue weighted by Gasteiger charge is 2.09. The maximum atomic E-state index is 5.84. The lowest BCUT2D eigenvalue weighted by molar-refractivity contribution is 0.663. The van der Waals surface area contributed by atoms with Crippen molar-refractivity contribution in [1.82, 2.24) is 19.7 Å². The Kier molecular flexibility index (Phi) is 3.09. The fourth-order valence-electron chi connectivity index (χ4n) is 1.38. The van der Waals surface area contributed by atoms with Gasteiger partial charge in [0.25, 0.3) is 0 Å². The molecule has 0 bridgehead atoms. The monoisotopic (exact) mass is 235 g/mol. The molecular formula is C10H13N5S. The molecule has 0 aromatic carbocycles. The number of thioether (sulfide) groups is 1. The number of hydrogen-bond acceptors (Lipinski definition) is 5. The van der Waals surface area contributed by atoms with Crippen LogP contribution < -0.4 is 5.73 Å². The highest BCUT2D eigenvalue weighted by molar-refractivity contribution is 7.98. The average Bonchev–Trinajstić information content (AvgIpc) is 2.71. The number of nitrogens with zero attached hydrogens (tertiary/aromatic N) is 4. The standard InChI is InChI=1S/C10H13N5S/c1-3-15-6-7(9(11)14-15)8-4-5-12-10(13-8)16-2/h4-6H,3H2,1-2H3,(H2,11,14). The molecule has 0 radical (unpaired) electrons. The number of hydrogen-bond donors (Lipinski definition) is 1. The van der Waals surface area contributed by atoms with Gasteiger partial charge in [-0.15, -0.1) is 0 Å². The van der Waals surface area contributed by atoms with Crippen molar-refractivity contribution in [3.8, 4) is 11.3 Å². The topological polar surface area (TPSA) is 69.6 Å². The first-order valence-corrected chi connectivity index (χ1v) is 6.17. The molecule has 0 atom stereocenters. The summed E-state index contributed by atoms with van der Waals surface area (Å²) < 4.78 is 1.80. The summed E-state index contributed by atoms with van der Waals surface area (Å²) in [5, 5.41) is 4.93. The van der Waals surface area contributed by atoms with Crippen LogP contribution in [0.3, 0.4) is 0 Å². The molecule has 2 aromatic rings. The van der Waals surface area contributed by atoms with Crippen molar-refractivity contribution in [2.24, 2.45) is 0 Å². The lowest BCUT2D eigenvalue weighted by atomic mass is 10.2. The van der Waals surface area contributed by atoms with E-state index >= 15 is 0 Å². The second-order valence-electron chi connectivity index (χ2n) is 3.21. The van der Waals surface area contributed by atoms with Crippen LogP contribution in [0.2, 0.25) is 0 Å². The van der Waals surface area contributed by atoms with Gasteiger partial charge in [-0.05, 0) is 19.2 Å². The smallest absolute Gasteiger partial charge is 0.187 e. The van der Waals surface area contributed by atoms with Gasteiger partial charge in [-0.2, -0.15) is 5.10 Å². The molecule has 5 nitrogen and oxygen atoms in total. The first kappa shape index (κ1) is 10.9. The summed E-state index contributed by atoms with van der Waals surface area (Å²) in [6.07, 6.45) is 5.58. The third-order valence-electron chi connectivity index (χ3n) is 2.21. The maximum absolute atomic E-state index is 5.84. The van der Waals surface area contributed by atoms with E-state index in [9.17, 15) is 0 Å². The Labute approximate surface area is 98.1 Å². The van der Waals surface area contributed by atoms with Crippen molar-refractivity contribution < 1.29 is 0 Å². The van der Waals surface area contributed by atoms with Crippen LogP contribution in [-0.4, -0.2) is 26.0 Å². The summed E-state index contributed by atoms with van der Waals surface area (Å²) in [5.74, 6) is 0.507. The van der Waals surface area contributed by atoms with Crippen molar-refractivity contribution >= 4 is 17.6 Å². The highest BCUT2D eigenvalue weighted by atomic mass is 32.2. The van der Waals surface area contributed by atoms with Crippen LogP contribution in [0, 0.1) is 0 Å². The van der Waals surface area contributed by atoms with Gasteiger partial charge in [0.1, 0.15) is 0 Å². The molecule has 2 rings (SSSR count). The molecule has 0 amide bonds. The highest BCUT2D eigenvalue weighted by Crippen LogP contribution is 2.23. The predicted molar refractivity (Wildman–Crippen MR) is 65.1 cm³/mol. The van der Waals surface area contributed by atoms with Gasteiger partial charge >= 0.3 is 0 Å². The third-order valence-corrected chi connectivity index (χ3v) is 2.77. The second kappa shape index (κ2) is 4.52. The molecule has 0 spiro atoms. The lowest BCUT2D eigenvalue weighted by Crippen LogP contribution is -1.95. The lowest BCUT2D eigenvalue weighted by Gasteiger charge is -1.99. The normalized spacial score (nSPS) is 10.6. The van der Waals surface area contributed by atoms with Crippen LogP contribution in [0.4, 0.5) is 5.82 Å². The van der Waals surface area contributed by atoms with E-state index in [1.807, 2.05) is 25.4 Å². The van der Waals surface area contributed by atoms with E-state index in [0.717, 1.165) is 23.0 Å². The first-order chi connectivity index (χ1) is 7.74. The Hall–Kier alpha value is -1.56. The molecule has 0 aliphatic rings. The van der Waals surface area contributed by atoms with Crippen LogP contribution in [0.5, 0.6) is 0 Å². The minimum atomic E-state index is 0.507. The summed E-state index contributed by atoms with van der Waals surface area (Å²) in [6, 6.07) is 1.84. The molecule has 2 aromatic heterocycles. The van der Waals surface area contributed by atoms with Gasteiger partial charge in [-0.3, -0.25) is 4.68 Å². The zero-order valence-electron chi connectivity index (χ0n) is 9.21. The zero-order chi connectivity index (χ0) is 11.5. The molecule has 0 aliphatic heterocycles. The Morgan fingerprint density at radius 1 is 1.50 bits per heavy atom. The van der Waals surface area contributed by atoms with E-state index in [-0.39, 0.29) is 0 Å². The number of rotatable bonds is 3. The van der Waals surface area contributed by atoms with Crippen LogP contribution in [0.1, 0.15) is 6.92 Å². The van der Waals surface area contributed by atoms with Gasteiger partial charge in [0.2, 0.25) is 0 Å². The number of aromatic nitrogens is 4. The average molecular weight is 235 g/mol. The molecule has 6 heteroatoms. The SMILES string of the molecule is CCn1cc(-c2ccnc(SC)n2)c(N)n1. The molecule has 0 saturated heterocycles. The molecule has 0 aliphatic carbocycles. The number of aryl methyl sites for hydroxylation is 1. The largest absolute Gasteiger partial charge is 0.382 e. The maximum Gasteiger partial charge on any atom is 0.187 e. The van der Waals surface area contributed by atoms with E-state index in [1.54, 1.807) is 10.9 Å². The number of nitrogen functional groups attached to an aromatic ring is 1. The van der Waals surface area contributed by atoms with Gasteiger partial charge in [0, 0.05) is 18.9 Å². The van der Waals surface area contributed by atoms with E-state index in [2.05, 4.69) is 15.1 Å². The Bertz CT molecular complexity index is 494. The summed E-state index contributed by atoms with van der Waals surface area (Å²) >= 11 is 1.51. The minimum absolute atomic E-state index is 0.507. The van der Waals surface area contributed by atoms with Crippen LogP contribution in [0.25, 0.3) is 11.3 Å². The number of anilines is 1. The van der Waals surface area contributed by atoms with Crippen molar-refractivity contribution in [2.45, 2.75) is 18.6 Å². The molecule has 2 heterocycles. The predicted octanol–water partition coefficient (Wildman–Crippen LogP) is 1.66. The summed E-state index contributed by atoms with van der Waals surface area (Å²) in [5.41, 5.74) is 7.52. The van der Waals surface area contributed by atoms with Gasteiger partial charge in [-0.1, -0.05) is 11.8 Å². The van der Waals surface area contributed by atoms with Crippen molar-refractivity contribution in [1.29, 1.82) is 0 Å². The van der Waals surface area contributed by atoms with Crippen molar-refractivity contribution in [3.63, 3.8) is 0 Å². The van der Waals surface area contributed by atoms with Gasteiger partial charge in [-0.25, -0.2) is 9.97 Å². The third kappa shape index (κ3) is 2.01. The molecule has 2 N–H and O–H groups in total. The summed E-state index contributed by atoms with van der Waals surface area (Å²) in [4.78, 5) is 8.51. The van der Waals surface area contributed by atoms with Crippen molar-refractivity contribution in [2.75, 3.05) is 12.0 Å². The molecule has 0 saturated carbocycles. The van der Waals surface area contributed by atoms with Crippen LogP contribution >= 0.6 is 11.8 Å². The van der Waals surface area contributed by atoms with Crippen molar-refractivity contribution in [3.05, 3.63) is 18.5 Å². The summed E-state index contributed by atoms with van der Waals surface area (Å²) in [7, 11) is 0. The quantitative estimate of drug-likeness (QED) is 0.647. The van der Waals surface area contributed by atoms with E-state index < -0.39 is 0 Å². The second-order valence-corrected chi connectivity index (χ2v) is 3.99. The first-order valence-electron chi connectivity index (χ1n) is 4.95. The zero-order valence-corrected chi connectivity index (χ0v) is 10.0. The van der Waals surface area contributed by atoms with Crippen LogP contribution in [0.15, 0.2) is 23.6 Å². The Morgan fingerprint density at radius 2 is 2.31 bits per heavy atom. The van der Waals surface area contributed by atoms with Crippen LogP contribution in [-0.2, 0) is 6.54 Å². The molecule has 0 fully saturated rings. The fraction of sp³-hybridized carbons (Fsp3) is 0.300. The summed E-state index contributed by atoms with van der Waals surface area (Å²) in [6.45, 7) is 2.81. The van der Waals surface area contributed by atoms with Gasteiger partial charge in [0.15, 0.2) is 11.0 Å². The van der Waals surface area contributed by atoms with Gasteiger partial charge < -0.3 is 5.73 Å². The van der Waals surface area contributed by atoms with E-state index in [4.69, 9.17) is 5.73 Å². The Balaban J connectivity index is 2.45. The minimum Gasteiger partial charge on any atom is -0.382 e. The number of nitrogens with two attached hydrogens (primary N) is 1. The van der Waals surface area contributed by atoms with E-state index in [0.29, 0.717) is 5.82 Å². The molecule has 84 valence electrons. The Morgan fingerprint density at radius 3 is 2.94 bits per heavy atom. The van der Waals surface area contributed by atoms with Gasteiger partial charge in [0.05, 0.1) is 11.3 Å². The molecule has 0 unspecified atom stereocenters. The molecule has 16 heavy (non-hydrogen) atoms. The fourth-order valence-corrected chi connectivity index (χ4v) is 1.74.